The molecule has 0 atom stereocenters. The lowest BCUT2D eigenvalue weighted by atomic mass is 10.0. The number of nitriles is 1. The number of fused-ring (bicyclic) bond motifs is 1. The fraction of sp³-hybridized carbons (Fsp3) is 0.286. The van der Waals surface area contributed by atoms with Crippen molar-refractivity contribution in [2.24, 2.45) is 0 Å². The van der Waals surface area contributed by atoms with Crippen molar-refractivity contribution >= 4 is 34.4 Å². The summed E-state index contributed by atoms with van der Waals surface area (Å²) in [4.78, 5) is 26.7. The summed E-state index contributed by atoms with van der Waals surface area (Å²) in [5, 5.41) is 12.7. The van der Waals surface area contributed by atoms with Crippen molar-refractivity contribution in [3.8, 4) is 6.07 Å². The molecular formula is C21H20FN3O3S. The van der Waals surface area contributed by atoms with Crippen LogP contribution in [0.3, 0.4) is 0 Å². The average molecular weight is 413 g/mol. The molecule has 6 nitrogen and oxygen atoms in total. The molecule has 3 rings (SSSR count). The number of anilines is 1. The molecule has 0 fully saturated rings. The van der Waals surface area contributed by atoms with E-state index >= 15 is 0 Å². The van der Waals surface area contributed by atoms with Crippen molar-refractivity contribution in [1.29, 1.82) is 5.26 Å². The van der Waals surface area contributed by atoms with E-state index in [0.29, 0.717) is 42.2 Å². The van der Waals surface area contributed by atoms with Gasteiger partial charge in [-0.3, -0.25) is 4.79 Å². The summed E-state index contributed by atoms with van der Waals surface area (Å²) in [6.07, 6.45) is 2.99. The smallest absolute Gasteiger partial charge is 0.410 e. The normalized spacial score (nSPS) is 13.1. The highest BCUT2D eigenvalue weighted by Gasteiger charge is 2.27. The van der Waals surface area contributed by atoms with Crippen LogP contribution >= 0.6 is 11.3 Å². The Labute approximate surface area is 172 Å². The zero-order valence-corrected chi connectivity index (χ0v) is 16.9. The third kappa shape index (κ3) is 4.63. The van der Waals surface area contributed by atoms with Crippen molar-refractivity contribution in [3.63, 3.8) is 0 Å². The van der Waals surface area contributed by atoms with Gasteiger partial charge >= 0.3 is 6.09 Å². The number of carbonyl (C=O) groups excluding carboxylic acids is 2. The van der Waals surface area contributed by atoms with E-state index in [1.165, 1.54) is 35.6 Å². The van der Waals surface area contributed by atoms with Crippen molar-refractivity contribution < 1.29 is 18.7 Å². The lowest BCUT2D eigenvalue weighted by molar-refractivity contribution is -0.111. The van der Waals surface area contributed by atoms with Crippen LogP contribution in [0.4, 0.5) is 14.2 Å². The highest BCUT2D eigenvalue weighted by Crippen LogP contribution is 2.36. The third-order valence-electron chi connectivity index (χ3n) is 4.59. The quantitative estimate of drug-likeness (QED) is 0.761. The van der Waals surface area contributed by atoms with E-state index < -0.39 is 5.91 Å². The number of hydrogen-bond acceptors (Lipinski definition) is 5. The number of rotatable bonds is 4. The van der Waals surface area contributed by atoms with Gasteiger partial charge in [0.15, 0.2) is 0 Å². The molecular weight excluding hydrogens is 393 g/mol. The van der Waals surface area contributed by atoms with Crippen molar-refractivity contribution in [1.82, 2.24) is 4.90 Å². The second kappa shape index (κ2) is 8.88. The monoisotopic (exact) mass is 413 g/mol. The second-order valence-electron chi connectivity index (χ2n) is 6.51. The number of ether oxygens (including phenoxy) is 1. The first-order valence-corrected chi connectivity index (χ1v) is 9.96. The Morgan fingerprint density at radius 3 is 2.97 bits per heavy atom. The Balaban J connectivity index is 1.76. The number of nitrogens with one attached hydrogen (secondary N) is 1. The molecule has 0 saturated carbocycles. The van der Waals surface area contributed by atoms with Gasteiger partial charge in [-0.05, 0) is 55.2 Å². The van der Waals surface area contributed by atoms with Crippen LogP contribution in [0.15, 0.2) is 24.3 Å². The highest BCUT2D eigenvalue weighted by atomic mass is 32.1. The van der Waals surface area contributed by atoms with Gasteiger partial charge in [-0.15, -0.1) is 11.3 Å². The van der Waals surface area contributed by atoms with Gasteiger partial charge in [0, 0.05) is 17.5 Å². The molecule has 0 unspecified atom stereocenters. The summed E-state index contributed by atoms with van der Waals surface area (Å²) in [5.41, 5.74) is 2.74. The minimum atomic E-state index is -0.411. The van der Waals surface area contributed by atoms with Crippen LogP contribution < -0.4 is 5.32 Å². The molecule has 2 heterocycles. The van der Waals surface area contributed by atoms with Crippen LogP contribution in [-0.2, 0) is 22.5 Å². The average Bonchev–Trinajstić information content (AvgIpc) is 3.04. The fourth-order valence-corrected chi connectivity index (χ4v) is 4.31. The van der Waals surface area contributed by atoms with Crippen molar-refractivity contribution in [2.75, 3.05) is 18.5 Å². The molecule has 2 amide bonds. The first-order chi connectivity index (χ1) is 13.9. The van der Waals surface area contributed by atoms with Crippen molar-refractivity contribution in [2.45, 2.75) is 26.8 Å². The van der Waals surface area contributed by atoms with Gasteiger partial charge in [0.05, 0.1) is 18.7 Å². The molecule has 1 aromatic heterocycles. The number of carbonyl (C=O) groups is 2. The zero-order chi connectivity index (χ0) is 21.0. The molecule has 0 radical (unpaired) electrons. The summed E-state index contributed by atoms with van der Waals surface area (Å²) in [7, 11) is 0. The molecule has 29 heavy (non-hydrogen) atoms. The van der Waals surface area contributed by atoms with E-state index in [-0.39, 0.29) is 11.9 Å². The summed E-state index contributed by atoms with van der Waals surface area (Å²) in [6.45, 7) is 4.69. The largest absolute Gasteiger partial charge is 0.450 e. The topological polar surface area (TPSA) is 82.4 Å². The predicted molar refractivity (Wildman–Crippen MR) is 109 cm³/mol. The van der Waals surface area contributed by atoms with Crippen LogP contribution in [0, 0.1) is 24.1 Å². The zero-order valence-electron chi connectivity index (χ0n) is 16.1. The Kier molecular flexibility index (Phi) is 6.29. The van der Waals surface area contributed by atoms with Crippen LogP contribution in [0.25, 0.3) is 6.08 Å². The van der Waals surface area contributed by atoms with Gasteiger partial charge < -0.3 is 15.0 Å². The lowest BCUT2D eigenvalue weighted by Crippen LogP contribution is -2.35. The number of thiophene rings is 1. The number of halogens is 1. The van der Waals surface area contributed by atoms with Crippen molar-refractivity contribution in [3.05, 3.63) is 57.2 Å². The number of hydrogen-bond donors (Lipinski definition) is 1. The predicted octanol–water partition coefficient (Wildman–Crippen LogP) is 4.23. The SMILES string of the molecule is CCOC(=O)N1CCc2c(sc(NC(=O)/C=C/c3cc(F)ccc3C)c2C#N)C1. The van der Waals surface area contributed by atoms with Gasteiger partial charge in [-0.25, -0.2) is 9.18 Å². The molecule has 1 aliphatic rings. The first-order valence-electron chi connectivity index (χ1n) is 9.14. The molecule has 0 saturated heterocycles. The summed E-state index contributed by atoms with van der Waals surface area (Å²) in [6, 6.07) is 6.52. The maximum Gasteiger partial charge on any atom is 0.410 e. The molecule has 1 aromatic carbocycles. The first kappa shape index (κ1) is 20.6. The standard InChI is InChI=1S/C21H20FN3O3S/c1-3-28-21(27)25-9-8-16-17(11-23)20(29-18(16)12-25)24-19(26)7-5-14-10-15(22)6-4-13(14)2/h4-7,10H,3,8-9,12H2,1-2H3,(H,24,26)/b7-5+. The van der Waals surface area contributed by atoms with Gasteiger partial charge in [0.25, 0.3) is 0 Å². The number of aryl methyl sites for hydroxylation is 1. The molecule has 1 aliphatic heterocycles. The molecule has 2 aromatic rings. The summed E-state index contributed by atoms with van der Waals surface area (Å²) >= 11 is 1.28. The van der Waals surface area contributed by atoms with Gasteiger partial charge in [0.1, 0.15) is 16.9 Å². The molecule has 0 bridgehead atoms. The summed E-state index contributed by atoms with van der Waals surface area (Å²) < 4.78 is 18.4. The lowest BCUT2D eigenvalue weighted by Gasteiger charge is -2.25. The molecule has 1 N–H and O–H groups in total. The maximum atomic E-state index is 13.4. The van der Waals surface area contributed by atoms with Gasteiger partial charge in [0.2, 0.25) is 5.91 Å². The third-order valence-corrected chi connectivity index (χ3v) is 5.72. The Hall–Kier alpha value is -3.18. The molecule has 150 valence electrons. The summed E-state index contributed by atoms with van der Waals surface area (Å²) in [5.74, 6) is -0.787. The van der Waals surface area contributed by atoms with E-state index in [2.05, 4.69) is 11.4 Å². The number of nitrogens with zero attached hydrogens (tertiary/aromatic N) is 2. The highest BCUT2D eigenvalue weighted by molar-refractivity contribution is 7.16. The second-order valence-corrected chi connectivity index (χ2v) is 7.62. The number of amides is 2. The van der Waals surface area contributed by atoms with E-state index in [0.717, 1.165) is 16.0 Å². The Morgan fingerprint density at radius 2 is 2.24 bits per heavy atom. The fourth-order valence-electron chi connectivity index (χ4n) is 3.09. The van der Waals surface area contributed by atoms with E-state index in [4.69, 9.17) is 4.74 Å². The number of benzene rings is 1. The molecule has 0 aliphatic carbocycles. The Morgan fingerprint density at radius 1 is 1.45 bits per heavy atom. The van der Waals surface area contributed by atoms with Crippen LogP contribution in [0.5, 0.6) is 0 Å². The van der Waals surface area contributed by atoms with Gasteiger partial charge in [-0.2, -0.15) is 5.26 Å². The molecule has 8 heteroatoms. The minimum absolute atomic E-state index is 0.300. The van der Waals surface area contributed by atoms with E-state index in [1.54, 1.807) is 17.9 Å². The molecule has 0 spiro atoms. The van der Waals surface area contributed by atoms with Crippen LogP contribution in [0.2, 0.25) is 0 Å². The van der Waals surface area contributed by atoms with Gasteiger partial charge in [-0.1, -0.05) is 6.07 Å². The minimum Gasteiger partial charge on any atom is -0.450 e. The van der Waals surface area contributed by atoms with Crippen LogP contribution in [-0.4, -0.2) is 30.1 Å². The van der Waals surface area contributed by atoms with Crippen LogP contribution in [0.1, 0.15) is 34.1 Å². The van der Waals surface area contributed by atoms with E-state index in [1.807, 2.05) is 6.92 Å². The van der Waals surface area contributed by atoms with E-state index in [9.17, 15) is 19.2 Å². The Bertz CT molecular complexity index is 1020. The maximum absolute atomic E-state index is 13.4.